The number of rotatable bonds is 2. The molecule has 0 aliphatic carbocycles. The van der Waals surface area contributed by atoms with Crippen molar-refractivity contribution < 1.29 is 9.90 Å². The van der Waals surface area contributed by atoms with Crippen molar-refractivity contribution in [3.63, 3.8) is 0 Å². The highest BCUT2D eigenvalue weighted by Crippen LogP contribution is 2.22. The molecule has 0 atom stereocenters. The van der Waals surface area contributed by atoms with Crippen LogP contribution in [0.5, 0.6) is 0 Å². The van der Waals surface area contributed by atoms with Gasteiger partial charge in [-0.05, 0) is 18.1 Å². The predicted molar refractivity (Wildman–Crippen MR) is 54.6 cm³/mol. The van der Waals surface area contributed by atoms with Crippen LogP contribution in [0.3, 0.4) is 0 Å². The van der Waals surface area contributed by atoms with Crippen molar-refractivity contribution in [2.45, 2.75) is 13.3 Å². The van der Waals surface area contributed by atoms with Gasteiger partial charge in [0.1, 0.15) is 0 Å². The molecule has 2 N–H and O–H groups in total. The molecule has 0 aliphatic rings. The fourth-order valence-electron chi connectivity index (χ4n) is 1.72. The van der Waals surface area contributed by atoms with Gasteiger partial charge in [0.15, 0.2) is 0 Å². The van der Waals surface area contributed by atoms with E-state index in [1.165, 1.54) is 0 Å². The van der Waals surface area contributed by atoms with E-state index in [0.29, 0.717) is 5.56 Å². The molecular formula is C11H11NO2. The fourth-order valence-corrected chi connectivity index (χ4v) is 1.72. The van der Waals surface area contributed by atoms with Crippen molar-refractivity contribution in [3.05, 3.63) is 35.5 Å². The van der Waals surface area contributed by atoms with E-state index in [-0.39, 0.29) is 0 Å². The first-order valence-corrected chi connectivity index (χ1v) is 4.56. The van der Waals surface area contributed by atoms with E-state index in [1.807, 2.05) is 25.1 Å². The molecule has 0 saturated carbocycles. The van der Waals surface area contributed by atoms with Crippen LogP contribution in [-0.4, -0.2) is 16.1 Å². The molecule has 3 heteroatoms. The summed E-state index contributed by atoms with van der Waals surface area (Å²) in [5.74, 6) is -0.878. The van der Waals surface area contributed by atoms with Gasteiger partial charge in [-0.1, -0.05) is 19.1 Å². The molecule has 0 bridgehead atoms. The fraction of sp³-hybridized carbons (Fsp3) is 0.182. The Morgan fingerprint density at radius 1 is 1.50 bits per heavy atom. The van der Waals surface area contributed by atoms with Gasteiger partial charge in [0.2, 0.25) is 0 Å². The minimum atomic E-state index is -0.878. The molecule has 0 saturated heterocycles. The summed E-state index contributed by atoms with van der Waals surface area (Å²) in [4.78, 5) is 13.9. The molecule has 0 radical (unpaired) electrons. The lowest BCUT2D eigenvalue weighted by molar-refractivity contribution is 0.0699. The maximum Gasteiger partial charge on any atom is 0.337 e. The maximum atomic E-state index is 10.9. The Labute approximate surface area is 81.4 Å². The zero-order chi connectivity index (χ0) is 10.1. The summed E-state index contributed by atoms with van der Waals surface area (Å²) < 4.78 is 0. The SMILES string of the molecule is CCc1cccc2[nH]cc(C(=O)O)c12. The molecule has 0 spiro atoms. The second-order valence-corrected chi connectivity index (χ2v) is 3.20. The summed E-state index contributed by atoms with van der Waals surface area (Å²) in [7, 11) is 0. The second kappa shape index (κ2) is 3.18. The number of aromatic carboxylic acids is 1. The summed E-state index contributed by atoms with van der Waals surface area (Å²) in [6.07, 6.45) is 2.39. The van der Waals surface area contributed by atoms with Gasteiger partial charge in [-0.2, -0.15) is 0 Å². The van der Waals surface area contributed by atoms with Gasteiger partial charge in [0.05, 0.1) is 5.56 Å². The van der Waals surface area contributed by atoms with Crippen LogP contribution in [0.4, 0.5) is 0 Å². The van der Waals surface area contributed by atoms with Crippen molar-refractivity contribution in [2.24, 2.45) is 0 Å². The lowest BCUT2D eigenvalue weighted by Crippen LogP contribution is -1.95. The van der Waals surface area contributed by atoms with E-state index >= 15 is 0 Å². The maximum absolute atomic E-state index is 10.9. The second-order valence-electron chi connectivity index (χ2n) is 3.20. The van der Waals surface area contributed by atoms with Gasteiger partial charge in [-0.15, -0.1) is 0 Å². The highest BCUT2D eigenvalue weighted by molar-refractivity contribution is 6.04. The van der Waals surface area contributed by atoms with E-state index < -0.39 is 5.97 Å². The lowest BCUT2D eigenvalue weighted by atomic mass is 10.0. The van der Waals surface area contributed by atoms with Gasteiger partial charge in [0.25, 0.3) is 0 Å². The van der Waals surface area contributed by atoms with Crippen LogP contribution in [0.1, 0.15) is 22.8 Å². The van der Waals surface area contributed by atoms with Gasteiger partial charge in [-0.3, -0.25) is 0 Å². The molecule has 0 aliphatic heterocycles. The number of hydrogen-bond acceptors (Lipinski definition) is 1. The van der Waals surface area contributed by atoms with Gasteiger partial charge in [-0.25, -0.2) is 4.79 Å². The minimum absolute atomic E-state index is 0.359. The number of H-pyrrole nitrogens is 1. The van der Waals surface area contributed by atoms with Crippen molar-refractivity contribution in [3.8, 4) is 0 Å². The minimum Gasteiger partial charge on any atom is -0.478 e. The van der Waals surface area contributed by atoms with E-state index in [0.717, 1.165) is 22.9 Å². The monoisotopic (exact) mass is 189 g/mol. The van der Waals surface area contributed by atoms with E-state index in [1.54, 1.807) is 6.20 Å². The Hall–Kier alpha value is -1.77. The summed E-state index contributed by atoms with van der Waals surface area (Å²) in [6.45, 7) is 2.02. The van der Waals surface area contributed by atoms with Gasteiger partial charge >= 0.3 is 5.97 Å². The standard InChI is InChI=1S/C11H11NO2/c1-2-7-4-3-5-9-10(7)8(6-12-9)11(13)14/h3-6,12H,2H2,1H3,(H,13,14). The number of carboxylic acids is 1. The molecule has 1 heterocycles. The molecule has 3 nitrogen and oxygen atoms in total. The highest BCUT2D eigenvalue weighted by Gasteiger charge is 2.12. The zero-order valence-corrected chi connectivity index (χ0v) is 7.87. The molecule has 2 aromatic rings. The summed E-state index contributed by atoms with van der Waals surface area (Å²) in [5.41, 5.74) is 2.32. The third-order valence-electron chi connectivity index (χ3n) is 2.40. The first kappa shape index (κ1) is 8.81. The van der Waals surface area contributed by atoms with Crippen LogP contribution in [0.25, 0.3) is 10.9 Å². The molecule has 14 heavy (non-hydrogen) atoms. The summed E-state index contributed by atoms with van der Waals surface area (Å²) in [6, 6.07) is 5.78. The summed E-state index contributed by atoms with van der Waals surface area (Å²) in [5, 5.41) is 9.81. The molecule has 0 unspecified atom stereocenters. The van der Waals surface area contributed by atoms with Gasteiger partial charge in [0, 0.05) is 17.1 Å². The molecule has 0 amide bonds. The number of benzene rings is 1. The topological polar surface area (TPSA) is 53.1 Å². The Morgan fingerprint density at radius 3 is 2.93 bits per heavy atom. The van der Waals surface area contributed by atoms with Crippen LogP contribution >= 0.6 is 0 Å². The highest BCUT2D eigenvalue weighted by atomic mass is 16.4. The van der Waals surface area contributed by atoms with E-state index in [2.05, 4.69) is 4.98 Å². The molecule has 2 rings (SSSR count). The van der Waals surface area contributed by atoms with E-state index in [9.17, 15) is 4.79 Å². The van der Waals surface area contributed by atoms with Crippen LogP contribution in [0.15, 0.2) is 24.4 Å². The number of aryl methyl sites for hydroxylation is 1. The van der Waals surface area contributed by atoms with Crippen molar-refractivity contribution in [1.82, 2.24) is 4.98 Å². The predicted octanol–water partition coefficient (Wildman–Crippen LogP) is 2.43. The molecule has 1 aromatic heterocycles. The van der Waals surface area contributed by atoms with Crippen LogP contribution in [-0.2, 0) is 6.42 Å². The van der Waals surface area contributed by atoms with E-state index in [4.69, 9.17) is 5.11 Å². The van der Waals surface area contributed by atoms with Crippen molar-refractivity contribution >= 4 is 16.9 Å². The average Bonchev–Trinajstić information content (AvgIpc) is 2.60. The van der Waals surface area contributed by atoms with Crippen LogP contribution < -0.4 is 0 Å². The number of nitrogens with one attached hydrogen (secondary N) is 1. The Morgan fingerprint density at radius 2 is 2.29 bits per heavy atom. The average molecular weight is 189 g/mol. The molecule has 1 aromatic carbocycles. The molecule has 0 fully saturated rings. The number of carboxylic acid groups (broad SMARTS) is 1. The Balaban J connectivity index is 2.81. The number of carbonyl (C=O) groups is 1. The van der Waals surface area contributed by atoms with Crippen LogP contribution in [0.2, 0.25) is 0 Å². The Kier molecular flexibility index (Phi) is 2.00. The third kappa shape index (κ3) is 1.18. The number of hydrogen-bond donors (Lipinski definition) is 2. The molecule has 72 valence electrons. The van der Waals surface area contributed by atoms with Gasteiger partial charge < -0.3 is 10.1 Å². The summed E-state index contributed by atoms with van der Waals surface area (Å²) >= 11 is 0. The zero-order valence-electron chi connectivity index (χ0n) is 7.87. The van der Waals surface area contributed by atoms with Crippen molar-refractivity contribution in [1.29, 1.82) is 0 Å². The lowest BCUT2D eigenvalue weighted by Gasteiger charge is -2.00. The third-order valence-corrected chi connectivity index (χ3v) is 2.40. The number of fused-ring (bicyclic) bond motifs is 1. The first-order chi connectivity index (χ1) is 6.74. The number of aromatic amines is 1. The van der Waals surface area contributed by atoms with Crippen LogP contribution in [0, 0.1) is 0 Å². The largest absolute Gasteiger partial charge is 0.478 e. The normalized spacial score (nSPS) is 10.6. The first-order valence-electron chi connectivity index (χ1n) is 4.56. The smallest absolute Gasteiger partial charge is 0.337 e. The Bertz CT molecular complexity index is 485. The molecular weight excluding hydrogens is 178 g/mol. The van der Waals surface area contributed by atoms with Crippen molar-refractivity contribution in [2.75, 3.05) is 0 Å². The number of aromatic nitrogens is 1. The quantitative estimate of drug-likeness (QED) is 0.762.